The Balaban J connectivity index is 2.30. The molecule has 2 rings (SSSR count). The number of benzene rings is 1. The van der Waals surface area contributed by atoms with Gasteiger partial charge in [0.1, 0.15) is 0 Å². The summed E-state index contributed by atoms with van der Waals surface area (Å²) in [6.07, 6.45) is 0. The highest BCUT2D eigenvalue weighted by atomic mass is 16.5. The molecule has 0 aliphatic carbocycles. The molecule has 0 aliphatic rings. The highest BCUT2D eigenvalue weighted by Gasteiger charge is 2.05. The first kappa shape index (κ1) is 12.9. The number of anilines is 2. The number of aryl methyl sites for hydroxylation is 1. The molecule has 0 saturated carbocycles. The normalized spacial score (nSPS) is 10.1. The molecule has 0 aliphatic heterocycles. The number of aromatic nitrogens is 2. The summed E-state index contributed by atoms with van der Waals surface area (Å²) in [6, 6.07) is 6.78. The lowest BCUT2D eigenvalue weighted by atomic mass is 10.3. The number of hydrogen-bond acceptors (Lipinski definition) is 5. The molecule has 0 amide bonds. The average molecular weight is 261 g/mol. The molecule has 0 unspecified atom stereocenters. The van der Waals surface area contributed by atoms with Gasteiger partial charge in [-0.3, -0.25) is 9.78 Å². The number of methoxy groups -OCH3 is 2. The fourth-order valence-corrected chi connectivity index (χ4v) is 1.69. The number of hydrogen-bond donors (Lipinski definition) is 2. The lowest BCUT2D eigenvalue weighted by Crippen LogP contribution is -2.10. The van der Waals surface area contributed by atoms with E-state index in [0.29, 0.717) is 23.1 Å². The lowest BCUT2D eigenvalue weighted by Gasteiger charge is -2.10. The minimum absolute atomic E-state index is 0.199. The summed E-state index contributed by atoms with van der Waals surface area (Å²) < 4.78 is 10.4. The summed E-state index contributed by atoms with van der Waals surface area (Å²) in [5.41, 5.74) is 1.19. The maximum Gasteiger partial charge on any atom is 0.252 e. The first-order valence-corrected chi connectivity index (χ1v) is 5.69. The van der Waals surface area contributed by atoms with Crippen molar-refractivity contribution in [1.29, 1.82) is 0 Å². The van der Waals surface area contributed by atoms with E-state index in [1.807, 2.05) is 6.07 Å². The van der Waals surface area contributed by atoms with Crippen molar-refractivity contribution in [3.8, 4) is 11.5 Å². The summed E-state index contributed by atoms with van der Waals surface area (Å²) in [6.45, 7) is 1.76. The molecule has 1 heterocycles. The third kappa shape index (κ3) is 3.04. The first-order chi connectivity index (χ1) is 9.12. The Kier molecular flexibility index (Phi) is 3.70. The smallest absolute Gasteiger partial charge is 0.252 e. The molecular weight excluding hydrogens is 246 g/mol. The second kappa shape index (κ2) is 5.43. The van der Waals surface area contributed by atoms with Gasteiger partial charge in [-0.05, 0) is 19.1 Å². The van der Waals surface area contributed by atoms with Gasteiger partial charge in [0, 0.05) is 23.5 Å². The molecule has 0 spiro atoms. The Hall–Kier alpha value is -2.50. The van der Waals surface area contributed by atoms with Crippen LogP contribution in [0.3, 0.4) is 0 Å². The quantitative estimate of drug-likeness (QED) is 0.878. The highest BCUT2D eigenvalue weighted by molar-refractivity contribution is 5.59. The fourth-order valence-electron chi connectivity index (χ4n) is 1.69. The first-order valence-electron chi connectivity index (χ1n) is 5.69. The molecule has 0 fully saturated rings. The largest absolute Gasteiger partial charge is 0.493 e. The summed E-state index contributed by atoms with van der Waals surface area (Å²) in [5.74, 6) is 1.62. The van der Waals surface area contributed by atoms with E-state index in [1.54, 1.807) is 33.3 Å². The van der Waals surface area contributed by atoms with E-state index in [9.17, 15) is 4.79 Å². The molecule has 0 radical (unpaired) electrons. The van der Waals surface area contributed by atoms with Crippen molar-refractivity contribution in [2.45, 2.75) is 6.92 Å². The van der Waals surface area contributed by atoms with Crippen molar-refractivity contribution in [3.63, 3.8) is 0 Å². The molecule has 1 aromatic carbocycles. The van der Waals surface area contributed by atoms with Gasteiger partial charge in [-0.15, -0.1) is 0 Å². The molecule has 2 aromatic rings. The minimum Gasteiger partial charge on any atom is -0.493 e. The summed E-state index contributed by atoms with van der Waals surface area (Å²) in [4.78, 5) is 18.1. The monoisotopic (exact) mass is 261 g/mol. The molecule has 19 heavy (non-hydrogen) atoms. The van der Waals surface area contributed by atoms with E-state index in [1.165, 1.54) is 6.07 Å². The van der Waals surface area contributed by atoms with E-state index in [-0.39, 0.29) is 5.56 Å². The number of H-pyrrole nitrogens is 1. The number of nitrogens with one attached hydrogen (secondary N) is 2. The molecule has 0 bridgehead atoms. The van der Waals surface area contributed by atoms with Gasteiger partial charge in [0.05, 0.1) is 14.2 Å². The van der Waals surface area contributed by atoms with Crippen LogP contribution < -0.4 is 20.3 Å². The van der Waals surface area contributed by atoms with Gasteiger partial charge in [-0.25, -0.2) is 4.98 Å². The Morgan fingerprint density at radius 3 is 2.53 bits per heavy atom. The standard InChI is InChI=1S/C13H15N3O3/c1-8-6-12(17)16-13(14-8)15-9-4-5-10(18-2)11(7-9)19-3/h4-7H,1-3H3,(H2,14,15,16,17). The van der Waals surface area contributed by atoms with Crippen LogP contribution in [0.5, 0.6) is 11.5 Å². The van der Waals surface area contributed by atoms with E-state index in [2.05, 4.69) is 15.3 Å². The van der Waals surface area contributed by atoms with E-state index >= 15 is 0 Å². The molecule has 0 atom stereocenters. The Morgan fingerprint density at radius 1 is 1.16 bits per heavy atom. The van der Waals surface area contributed by atoms with Crippen LogP contribution in [0.15, 0.2) is 29.1 Å². The van der Waals surface area contributed by atoms with Gasteiger partial charge in [0.25, 0.3) is 5.56 Å². The number of ether oxygens (including phenoxy) is 2. The minimum atomic E-state index is -0.199. The van der Waals surface area contributed by atoms with Crippen molar-refractivity contribution in [1.82, 2.24) is 9.97 Å². The second-order valence-electron chi connectivity index (χ2n) is 3.93. The maximum absolute atomic E-state index is 11.3. The number of aromatic amines is 1. The fraction of sp³-hybridized carbons (Fsp3) is 0.231. The molecule has 0 saturated heterocycles. The van der Waals surface area contributed by atoms with Crippen LogP contribution >= 0.6 is 0 Å². The Labute approximate surface area is 110 Å². The Bertz CT molecular complexity index is 637. The van der Waals surface area contributed by atoms with Crippen molar-refractivity contribution in [3.05, 3.63) is 40.3 Å². The van der Waals surface area contributed by atoms with Crippen LogP contribution in [0.2, 0.25) is 0 Å². The summed E-state index contributed by atoms with van der Waals surface area (Å²) >= 11 is 0. The summed E-state index contributed by atoms with van der Waals surface area (Å²) in [5, 5.41) is 3.01. The van der Waals surface area contributed by atoms with Gasteiger partial charge in [-0.1, -0.05) is 0 Å². The van der Waals surface area contributed by atoms with E-state index in [4.69, 9.17) is 9.47 Å². The topological polar surface area (TPSA) is 76.2 Å². The summed E-state index contributed by atoms with van der Waals surface area (Å²) in [7, 11) is 3.14. The van der Waals surface area contributed by atoms with Gasteiger partial charge >= 0.3 is 0 Å². The van der Waals surface area contributed by atoms with Crippen LogP contribution in [0.4, 0.5) is 11.6 Å². The predicted octanol–water partition coefficient (Wildman–Crippen LogP) is 1.84. The van der Waals surface area contributed by atoms with Gasteiger partial charge < -0.3 is 14.8 Å². The van der Waals surface area contributed by atoms with Crippen molar-refractivity contribution in [2.24, 2.45) is 0 Å². The van der Waals surface area contributed by atoms with Crippen LogP contribution in [0, 0.1) is 6.92 Å². The molecule has 1 aromatic heterocycles. The van der Waals surface area contributed by atoms with Gasteiger partial charge in [0.15, 0.2) is 11.5 Å². The maximum atomic E-state index is 11.3. The highest BCUT2D eigenvalue weighted by Crippen LogP contribution is 2.30. The molecule has 2 N–H and O–H groups in total. The van der Waals surface area contributed by atoms with Crippen molar-refractivity contribution < 1.29 is 9.47 Å². The molecule has 100 valence electrons. The molecule has 6 nitrogen and oxygen atoms in total. The van der Waals surface area contributed by atoms with E-state index < -0.39 is 0 Å². The van der Waals surface area contributed by atoms with Crippen LogP contribution in [-0.2, 0) is 0 Å². The third-order valence-corrected chi connectivity index (χ3v) is 2.52. The van der Waals surface area contributed by atoms with E-state index in [0.717, 1.165) is 5.69 Å². The van der Waals surface area contributed by atoms with Gasteiger partial charge in [-0.2, -0.15) is 0 Å². The number of nitrogens with zero attached hydrogens (tertiary/aromatic N) is 1. The zero-order valence-corrected chi connectivity index (χ0v) is 11.0. The zero-order valence-electron chi connectivity index (χ0n) is 11.0. The van der Waals surface area contributed by atoms with Gasteiger partial charge in [0.2, 0.25) is 5.95 Å². The Morgan fingerprint density at radius 2 is 1.89 bits per heavy atom. The van der Waals surface area contributed by atoms with Crippen LogP contribution in [0.25, 0.3) is 0 Å². The molecule has 6 heteroatoms. The lowest BCUT2D eigenvalue weighted by molar-refractivity contribution is 0.355. The number of rotatable bonds is 4. The van der Waals surface area contributed by atoms with Crippen molar-refractivity contribution in [2.75, 3.05) is 19.5 Å². The van der Waals surface area contributed by atoms with Crippen molar-refractivity contribution >= 4 is 11.6 Å². The third-order valence-electron chi connectivity index (χ3n) is 2.52. The predicted molar refractivity (Wildman–Crippen MR) is 72.4 cm³/mol. The van der Waals surface area contributed by atoms with Crippen LogP contribution in [-0.4, -0.2) is 24.2 Å². The average Bonchev–Trinajstić information content (AvgIpc) is 2.37. The second-order valence-corrected chi connectivity index (χ2v) is 3.93. The van der Waals surface area contributed by atoms with Crippen LogP contribution in [0.1, 0.15) is 5.69 Å². The zero-order chi connectivity index (χ0) is 13.8. The SMILES string of the molecule is COc1ccc(Nc2nc(C)cc(=O)[nH]2)cc1OC. The molecular formula is C13H15N3O3.